The standard InChI is InChI=1S/C11H10FNO/c1-6-3-8-10(4-9(6)12)13-5-7(2)11(8)14/h3-5,7H,1-2H3. The summed E-state index contributed by atoms with van der Waals surface area (Å²) in [6, 6.07) is 2.88. The van der Waals surface area contributed by atoms with Crippen molar-refractivity contribution in [3.63, 3.8) is 0 Å². The molecule has 0 saturated heterocycles. The zero-order valence-electron chi connectivity index (χ0n) is 8.04. The molecule has 0 aliphatic carbocycles. The molecule has 1 aliphatic heterocycles. The molecular weight excluding hydrogens is 181 g/mol. The first-order valence-corrected chi connectivity index (χ1v) is 4.48. The maximum Gasteiger partial charge on any atom is 0.173 e. The van der Waals surface area contributed by atoms with Gasteiger partial charge in [-0.25, -0.2) is 4.39 Å². The molecule has 2 rings (SSSR count). The predicted octanol–water partition coefficient (Wildman–Crippen LogP) is 2.67. The molecule has 72 valence electrons. The van der Waals surface area contributed by atoms with Crippen molar-refractivity contribution in [2.45, 2.75) is 13.8 Å². The van der Waals surface area contributed by atoms with Crippen LogP contribution in [0.25, 0.3) is 0 Å². The van der Waals surface area contributed by atoms with Gasteiger partial charge in [-0.05, 0) is 18.6 Å². The second-order valence-electron chi connectivity index (χ2n) is 3.55. The number of aliphatic imine (C=N–C) groups is 1. The van der Waals surface area contributed by atoms with E-state index in [4.69, 9.17) is 0 Å². The Morgan fingerprint density at radius 3 is 2.86 bits per heavy atom. The minimum absolute atomic E-state index is 0.0121. The average molecular weight is 191 g/mol. The number of fused-ring (bicyclic) bond motifs is 1. The molecule has 0 aromatic heterocycles. The largest absolute Gasteiger partial charge is 0.293 e. The van der Waals surface area contributed by atoms with E-state index in [0.29, 0.717) is 16.8 Å². The summed E-state index contributed by atoms with van der Waals surface area (Å²) in [5, 5.41) is 0. The van der Waals surface area contributed by atoms with Crippen LogP contribution in [0.4, 0.5) is 10.1 Å². The number of benzene rings is 1. The number of ketones is 1. The molecule has 1 atom stereocenters. The van der Waals surface area contributed by atoms with E-state index in [1.165, 1.54) is 6.07 Å². The first-order chi connectivity index (χ1) is 6.59. The molecule has 0 radical (unpaired) electrons. The van der Waals surface area contributed by atoms with Gasteiger partial charge < -0.3 is 0 Å². The van der Waals surface area contributed by atoms with Crippen LogP contribution >= 0.6 is 0 Å². The molecular formula is C11H10FNO. The van der Waals surface area contributed by atoms with Gasteiger partial charge in [0, 0.05) is 17.8 Å². The fourth-order valence-corrected chi connectivity index (χ4v) is 1.48. The van der Waals surface area contributed by atoms with Gasteiger partial charge in [0.05, 0.1) is 11.6 Å². The Kier molecular flexibility index (Phi) is 1.95. The molecule has 0 N–H and O–H groups in total. The highest BCUT2D eigenvalue weighted by Gasteiger charge is 2.21. The van der Waals surface area contributed by atoms with E-state index in [9.17, 15) is 9.18 Å². The van der Waals surface area contributed by atoms with Crippen molar-refractivity contribution in [3.05, 3.63) is 29.1 Å². The van der Waals surface area contributed by atoms with Crippen molar-refractivity contribution in [2.75, 3.05) is 0 Å². The normalized spacial score (nSPS) is 19.6. The fraction of sp³-hybridized carbons (Fsp3) is 0.273. The smallest absolute Gasteiger partial charge is 0.173 e. The van der Waals surface area contributed by atoms with E-state index in [1.807, 2.05) is 0 Å². The number of rotatable bonds is 0. The highest BCUT2D eigenvalue weighted by atomic mass is 19.1. The van der Waals surface area contributed by atoms with Crippen LogP contribution in [-0.4, -0.2) is 12.0 Å². The van der Waals surface area contributed by atoms with Gasteiger partial charge in [0.15, 0.2) is 5.78 Å². The van der Waals surface area contributed by atoms with Crippen LogP contribution in [0.3, 0.4) is 0 Å². The van der Waals surface area contributed by atoms with E-state index < -0.39 is 0 Å². The number of Topliss-reactive ketones (excluding diaryl/α,β-unsaturated/α-hetero) is 1. The molecule has 1 aromatic rings. The van der Waals surface area contributed by atoms with Gasteiger partial charge in [-0.3, -0.25) is 9.79 Å². The quantitative estimate of drug-likeness (QED) is 0.619. The fourth-order valence-electron chi connectivity index (χ4n) is 1.48. The lowest BCUT2D eigenvalue weighted by Crippen LogP contribution is -2.16. The Balaban J connectivity index is 2.64. The van der Waals surface area contributed by atoms with Crippen LogP contribution in [0.2, 0.25) is 0 Å². The van der Waals surface area contributed by atoms with Crippen LogP contribution in [0.1, 0.15) is 22.8 Å². The lowest BCUT2D eigenvalue weighted by atomic mass is 9.95. The third-order valence-corrected chi connectivity index (χ3v) is 2.39. The number of aryl methyl sites for hydroxylation is 1. The summed E-state index contributed by atoms with van der Waals surface area (Å²) in [7, 11) is 0. The third-order valence-electron chi connectivity index (χ3n) is 2.39. The van der Waals surface area contributed by atoms with Crippen molar-refractivity contribution in [1.82, 2.24) is 0 Å². The Morgan fingerprint density at radius 2 is 2.14 bits per heavy atom. The number of hydrogen-bond acceptors (Lipinski definition) is 2. The summed E-state index contributed by atoms with van der Waals surface area (Å²) in [4.78, 5) is 15.7. The maximum absolute atomic E-state index is 13.1. The lowest BCUT2D eigenvalue weighted by Gasteiger charge is -2.14. The molecule has 0 fully saturated rings. The van der Waals surface area contributed by atoms with Crippen LogP contribution in [0.15, 0.2) is 17.1 Å². The van der Waals surface area contributed by atoms with Crippen molar-refractivity contribution in [1.29, 1.82) is 0 Å². The minimum atomic E-state index is -0.316. The van der Waals surface area contributed by atoms with Gasteiger partial charge in [-0.1, -0.05) is 6.92 Å². The molecule has 2 nitrogen and oxygen atoms in total. The number of halogens is 1. The molecule has 1 aliphatic rings. The van der Waals surface area contributed by atoms with Crippen LogP contribution < -0.4 is 0 Å². The summed E-state index contributed by atoms with van der Waals surface area (Å²) in [5.74, 6) is -0.506. The van der Waals surface area contributed by atoms with Gasteiger partial charge in [0.2, 0.25) is 0 Å². The zero-order chi connectivity index (χ0) is 10.3. The molecule has 1 heterocycles. The molecule has 0 saturated carbocycles. The topological polar surface area (TPSA) is 29.4 Å². The Bertz CT molecular complexity index is 437. The van der Waals surface area contributed by atoms with Crippen LogP contribution in [-0.2, 0) is 0 Å². The van der Waals surface area contributed by atoms with E-state index in [0.717, 1.165) is 0 Å². The number of carbonyl (C=O) groups is 1. The summed E-state index contributed by atoms with van der Waals surface area (Å²) >= 11 is 0. The zero-order valence-corrected chi connectivity index (χ0v) is 8.04. The summed E-state index contributed by atoms with van der Waals surface area (Å²) < 4.78 is 13.1. The second kappa shape index (κ2) is 3.01. The SMILES string of the molecule is Cc1cc2c(cc1F)N=CC(C)C2=O. The highest BCUT2D eigenvalue weighted by molar-refractivity contribution is 6.12. The van der Waals surface area contributed by atoms with E-state index >= 15 is 0 Å². The van der Waals surface area contributed by atoms with Gasteiger partial charge in [-0.2, -0.15) is 0 Å². The lowest BCUT2D eigenvalue weighted by molar-refractivity contribution is 0.0962. The van der Waals surface area contributed by atoms with Crippen LogP contribution in [0, 0.1) is 18.7 Å². The van der Waals surface area contributed by atoms with Gasteiger partial charge in [0.25, 0.3) is 0 Å². The Labute approximate surface area is 81.5 Å². The monoisotopic (exact) mass is 191 g/mol. The number of hydrogen-bond donors (Lipinski definition) is 0. The van der Waals surface area contributed by atoms with Gasteiger partial charge >= 0.3 is 0 Å². The maximum atomic E-state index is 13.1. The van der Waals surface area contributed by atoms with E-state index in [-0.39, 0.29) is 17.5 Å². The Morgan fingerprint density at radius 1 is 1.43 bits per heavy atom. The van der Waals surface area contributed by atoms with E-state index in [2.05, 4.69) is 4.99 Å². The summed E-state index contributed by atoms with van der Waals surface area (Å²) in [6.45, 7) is 3.43. The average Bonchev–Trinajstić information content (AvgIpc) is 2.15. The van der Waals surface area contributed by atoms with Crippen molar-refractivity contribution in [2.24, 2.45) is 10.9 Å². The highest BCUT2D eigenvalue weighted by Crippen LogP contribution is 2.28. The molecule has 1 aromatic carbocycles. The van der Waals surface area contributed by atoms with Crippen molar-refractivity contribution < 1.29 is 9.18 Å². The molecule has 0 amide bonds. The van der Waals surface area contributed by atoms with Gasteiger partial charge in [-0.15, -0.1) is 0 Å². The van der Waals surface area contributed by atoms with Crippen molar-refractivity contribution in [3.8, 4) is 0 Å². The first-order valence-electron chi connectivity index (χ1n) is 4.48. The molecule has 0 spiro atoms. The third kappa shape index (κ3) is 1.25. The molecule has 0 bridgehead atoms. The summed E-state index contributed by atoms with van der Waals surface area (Å²) in [5.41, 5.74) is 1.46. The first kappa shape index (κ1) is 9.06. The summed E-state index contributed by atoms with van der Waals surface area (Å²) in [6.07, 6.45) is 1.56. The molecule has 3 heteroatoms. The number of nitrogens with zero attached hydrogens (tertiary/aromatic N) is 1. The predicted molar refractivity (Wildman–Crippen MR) is 52.8 cm³/mol. The van der Waals surface area contributed by atoms with Gasteiger partial charge in [0.1, 0.15) is 5.82 Å². The second-order valence-corrected chi connectivity index (χ2v) is 3.55. The minimum Gasteiger partial charge on any atom is -0.293 e. The molecule has 14 heavy (non-hydrogen) atoms. The number of carbonyl (C=O) groups excluding carboxylic acids is 1. The van der Waals surface area contributed by atoms with Crippen LogP contribution in [0.5, 0.6) is 0 Å². The molecule has 1 unspecified atom stereocenters. The Hall–Kier alpha value is -1.51. The van der Waals surface area contributed by atoms with E-state index in [1.54, 1.807) is 26.1 Å². The van der Waals surface area contributed by atoms with Crippen molar-refractivity contribution >= 4 is 17.7 Å².